The van der Waals surface area contributed by atoms with Crippen molar-refractivity contribution < 1.29 is 4.74 Å². The van der Waals surface area contributed by atoms with Crippen LogP contribution in [0.4, 0.5) is 0 Å². The number of nitrogens with zero attached hydrogens (tertiary/aromatic N) is 2. The zero-order valence-corrected chi connectivity index (χ0v) is 8.24. The van der Waals surface area contributed by atoms with Crippen molar-refractivity contribution in [3.05, 3.63) is 5.51 Å². The zero-order chi connectivity index (χ0) is 8.23. The normalized spacial score (nSPS) is 24.2. The van der Waals surface area contributed by atoms with Gasteiger partial charge >= 0.3 is 0 Å². The molecule has 0 bridgehead atoms. The Labute approximate surface area is 79.5 Å². The van der Waals surface area contributed by atoms with E-state index in [1.165, 1.54) is 12.8 Å². The van der Waals surface area contributed by atoms with Gasteiger partial charge in [-0.3, -0.25) is 0 Å². The first kappa shape index (κ1) is 8.47. The summed E-state index contributed by atoms with van der Waals surface area (Å²) >= 11 is 3.39. The van der Waals surface area contributed by atoms with Crippen LogP contribution in [0.15, 0.2) is 9.85 Å². The van der Waals surface area contributed by atoms with Crippen LogP contribution in [0.25, 0.3) is 0 Å². The molecule has 0 aliphatic carbocycles. The third-order valence-corrected chi connectivity index (χ3v) is 3.77. The highest BCUT2D eigenvalue weighted by atomic mass is 32.2. The van der Waals surface area contributed by atoms with Crippen LogP contribution in [-0.4, -0.2) is 28.7 Å². The second kappa shape index (κ2) is 4.20. The largest absolute Gasteiger partial charge is 0.380 e. The third-order valence-electron chi connectivity index (χ3n) is 1.73. The van der Waals surface area contributed by atoms with Crippen LogP contribution >= 0.6 is 23.1 Å². The summed E-state index contributed by atoms with van der Waals surface area (Å²) < 4.78 is 6.43. The summed E-state index contributed by atoms with van der Waals surface area (Å²) in [5, 5.41) is 8.37. The smallest absolute Gasteiger partial charge is 0.174 e. The summed E-state index contributed by atoms with van der Waals surface area (Å²) in [5.41, 5.74) is 1.77. The molecule has 2 rings (SSSR count). The highest BCUT2D eigenvalue weighted by Gasteiger charge is 2.16. The lowest BCUT2D eigenvalue weighted by molar-refractivity contribution is 0.101. The highest BCUT2D eigenvalue weighted by molar-refractivity contribution is 8.01. The molecule has 1 aromatic heterocycles. The van der Waals surface area contributed by atoms with Gasteiger partial charge in [0.2, 0.25) is 0 Å². The van der Waals surface area contributed by atoms with Crippen molar-refractivity contribution in [2.75, 3.05) is 13.2 Å². The van der Waals surface area contributed by atoms with Crippen molar-refractivity contribution in [2.45, 2.75) is 22.4 Å². The van der Waals surface area contributed by atoms with Crippen molar-refractivity contribution in [1.82, 2.24) is 10.2 Å². The van der Waals surface area contributed by atoms with Crippen molar-refractivity contribution in [3.8, 4) is 0 Å². The number of hydrogen-bond donors (Lipinski definition) is 0. The van der Waals surface area contributed by atoms with E-state index in [0.717, 1.165) is 17.6 Å². The van der Waals surface area contributed by atoms with E-state index in [-0.39, 0.29) is 0 Å². The molecule has 1 atom stereocenters. The summed E-state index contributed by atoms with van der Waals surface area (Å²) in [6.45, 7) is 1.79. The Kier molecular flexibility index (Phi) is 2.97. The number of thioether (sulfide) groups is 1. The van der Waals surface area contributed by atoms with Gasteiger partial charge in [0.15, 0.2) is 4.34 Å². The molecule has 1 aliphatic heterocycles. The number of aromatic nitrogens is 2. The van der Waals surface area contributed by atoms with Gasteiger partial charge in [-0.25, -0.2) is 0 Å². The van der Waals surface area contributed by atoms with Gasteiger partial charge in [0.1, 0.15) is 5.51 Å². The number of ether oxygens (including phenoxy) is 1. The van der Waals surface area contributed by atoms with E-state index in [1.807, 2.05) is 0 Å². The monoisotopic (exact) mass is 202 g/mol. The first-order valence-corrected chi connectivity index (χ1v) is 5.71. The molecule has 1 fully saturated rings. The Bertz CT molecular complexity index is 221. The van der Waals surface area contributed by atoms with E-state index in [4.69, 9.17) is 4.74 Å². The van der Waals surface area contributed by atoms with Gasteiger partial charge in [0.25, 0.3) is 0 Å². The first-order chi connectivity index (χ1) is 5.95. The Morgan fingerprint density at radius 3 is 3.33 bits per heavy atom. The highest BCUT2D eigenvalue weighted by Crippen LogP contribution is 2.28. The lowest BCUT2D eigenvalue weighted by Crippen LogP contribution is -2.18. The molecule has 5 heteroatoms. The van der Waals surface area contributed by atoms with Crippen LogP contribution in [0.3, 0.4) is 0 Å². The Balaban J connectivity index is 1.86. The summed E-state index contributed by atoms with van der Waals surface area (Å²) in [4.78, 5) is 0. The first-order valence-electron chi connectivity index (χ1n) is 3.96. The van der Waals surface area contributed by atoms with Crippen molar-refractivity contribution in [3.63, 3.8) is 0 Å². The van der Waals surface area contributed by atoms with E-state index in [9.17, 15) is 0 Å². The molecular formula is C7H10N2OS2. The quantitative estimate of drug-likeness (QED) is 0.732. The summed E-state index contributed by atoms with van der Waals surface area (Å²) in [6, 6.07) is 0. The maximum absolute atomic E-state index is 5.37. The minimum Gasteiger partial charge on any atom is -0.380 e. The molecule has 12 heavy (non-hydrogen) atoms. The number of hydrogen-bond acceptors (Lipinski definition) is 5. The second-order valence-electron chi connectivity index (χ2n) is 2.66. The van der Waals surface area contributed by atoms with Crippen molar-refractivity contribution in [2.24, 2.45) is 0 Å². The van der Waals surface area contributed by atoms with E-state index in [2.05, 4.69) is 10.2 Å². The molecule has 0 N–H and O–H groups in total. The Hall–Kier alpha value is -0.130. The minimum absolute atomic E-state index is 0.590. The van der Waals surface area contributed by atoms with Crippen LogP contribution in [0.2, 0.25) is 0 Å². The van der Waals surface area contributed by atoms with E-state index in [0.29, 0.717) is 5.25 Å². The molecule has 0 radical (unpaired) electrons. The van der Waals surface area contributed by atoms with Gasteiger partial charge in [-0.05, 0) is 12.8 Å². The maximum Gasteiger partial charge on any atom is 0.174 e. The molecule has 1 saturated heterocycles. The maximum atomic E-state index is 5.37. The van der Waals surface area contributed by atoms with Crippen LogP contribution in [-0.2, 0) is 4.74 Å². The van der Waals surface area contributed by atoms with Crippen molar-refractivity contribution in [1.29, 1.82) is 0 Å². The molecule has 0 saturated carbocycles. The van der Waals surface area contributed by atoms with Crippen LogP contribution in [0, 0.1) is 0 Å². The van der Waals surface area contributed by atoms with Gasteiger partial charge in [-0.1, -0.05) is 23.1 Å². The zero-order valence-electron chi connectivity index (χ0n) is 6.60. The molecule has 1 unspecified atom stereocenters. The van der Waals surface area contributed by atoms with Gasteiger partial charge in [-0.15, -0.1) is 10.2 Å². The topological polar surface area (TPSA) is 35.0 Å². The van der Waals surface area contributed by atoms with Gasteiger partial charge in [0.05, 0.1) is 6.61 Å². The SMILES string of the molecule is c1nnc(SC2CCCOC2)s1. The average molecular weight is 202 g/mol. The van der Waals surface area contributed by atoms with Crippen LogP contribution in [0.5, 0.6) is 0 Å². The molecule has 0 amide bonds. The fraction of sp³-hybridized carbons (Fsp3) is 0.714. The molecule has 1 aromatic rings. The molecule has 1 aliphatic rings. The fourth-order valence-electron chi connectivity index (χ4n) is 1.16. The summed E-state index contributed by atoms with van der Waals surface area (Å²) in [5.74, 6) is 0. The molecule has 2 heterocycles. The second-order valence-corrected chi connectivity index (χ2v) is 5.04. The standard InChI is InChI=1S/C7H10N2OS2/c1-2-6(4-10-3-1)12-7-9-8-5-11-7/h5-6H,1-4H2. The van der Waals surface area contributed by atoms with Crippen LogP contribution < -0.4 is 0 Å². The molecule has 66 valence electrons. The molecule has 0 spiro atoms. The number of rotatable bonds is 2. The Morgan fingerprint density at radius 2 is 2.67 bits per heavy atom. The lowest BCUT2D eigenvalue weighted by atomic mass is 10.2. The predicted octanol–water partition coefficient (Wildman–Crippen LogP) is 1.81. The summed E-state index contributed by atoms with van der Waals surface area (Å²) in [7, 11) is 0. The molecule has 3 nitrogen and oxygen atoms in total. The molecule has 0 aromatic carbocycles. The third kappa shape index (κ3) is 2.18. The van der Waals surface area contributed by atoms with Gasteiger partial charge < -0.3 is 4.74 Å². The van der Waals surface area contributed by atoms with Gasteiger partial charge in [-0.2, -0.15) is 0 Å². The minimum atomic E-state index is 0.590. The van der Waals surface area contributed by atoms with E-state index >= 15 is 0 Å². The fourth-order valence-corrected chi connectivity index (χ4v) is 3.03. The van der Waals surface area contributed by atoms with Crippen molar-refractivity contribution >= 4 is 23.1 Å². The van der Waals surface area contributed by atoms with Gasteiger partial charge in [0, 0.05) is 11.9 Å². The molecular weight excluding hydrogens is 192 g/mol. The van der Waals surface area contributed by atoms with E-state index in [1.54, 1.807) is 28.6 Å². The van der Waals surface area contributed by atoms with Crippen LogP contribution in [0.1, 0.15) is 12.8 Å². The van der Waals surface area contributed by atoms with E-state index < -0.39 is 0 Å². The lowest BCUT2D eigenvalue weighted by Gasteiger charge is -2.19. The Morgan fingerprint density at radius 1 is 1.67 bits per heavy atom. The average Bonchev–Trinajstić information content (AvgIpc) is 2.59. The predicted molar refractivity (Wildman–Crippen MR) is 49.6 cm³/mol. The summed E-state index contributed by atoms with van der Waals surface area (Å²) in [6.07, 6.45) is 2.42.